The molecule has 0 spiro atoms. The van der Waals surface area contributed by atoms with Crippen LogP contribution in [0.1, 0.15) is 31.1 Å². The number of anilines is 1. The number of hydrogen-bond donors (Lipinski definition) is 0. The van der Waals surface area contributed by atoms with Crippen LogP contribution in [0, 0.1) is 0 Å². The predicted octanol–water partition coefficient (Wildman–Crippen LogP) is 1.87. The number of rotatable bonds is 2. The van der Waals surface area contributed by atoms with Gasteiger partial charge in [0.15, 0.2) is 0 Å². The van der Waals surface area contributed by atoms with Gasteiger partial charge in [-0.05, 0) is 26.8 Å². The van der Waals surface area contributed by atoms with E-state index in [9.17, 15) is 4.79 Å². The van der Waals surface area contributed by atoms with Crippen LogP contribution in [0.3, 0.4) is 0 Å². The first kappa shape index (κ1) is 13.8. The Morgan fingerprint density at radius 2 is 2.05 bits per heavy atom. The normalized spacial score (nSPS) is 16.3. The number of ether oxygens (including phenoxy) is 2. The van der Waals surface area contributed by atoms with Crippen LogP contribution in [0.2, 0.25) is 0 Å². The van der Waals surface area contributed by atoms with Crippen molar-refractivity contribution in [1.82, 2.24) is 4.98 Å². The lowest BCUT2D eigenvalue weighted by Gasteiger charge is -2.30. The molecule has 5 heteroatoms. The van der Waals surface area contributed by atoms with E-state index in [1.807, 2.05) is 20.8 Å². The Morgan fingerprint density at radius 1 is 1.37 bits per heavy atom. The number of carbonyl (C=O) groups excluding carboxylic acids is 1. The molecule has 1 saturated heterocycles. The molecule has 1 aromatic rings. The Kier molecular flexibility index (Phi) is 4.04. The lowest BCUT2D eigenvalue weighted by Crippen LogP contribution is -2.37. The smallest absolute Gasteiger partial charge is 0.340 e. The van der Waals surface area contributed by atoms with E-state index in [1.165, 1.54) is 0 Å². The van der Waals surface area contributed by atoms with Gasteiger partial charge in [-0.3, -0.25) is 4.98 Å². The Hall–Kier alpha value is -1.62. The minimum atomic E-state index is -0.497. The van der Waals surface area contributed by atoms with Gasteiger partial charge in [0, 0.05) is 19.3 Å². The second-order valence-corrected chi connectivity index (χ2v) is 5.49. The number of esters is 1. The minimum Gasteiger partial charge on any atom is -0.456 e. The first-order valence-corrected chi connectivity index (χ1v) is 6.47. The molecule has 0 unspecified atom stereocenters. The Labute approximate surface area is 113 Å². The van der Waals surface area contributed by atoms with Crippen LogP contribution in [0.25, 0.3) is 0 Å². The average molecular weight is 264 g/mol. The Balaban J connectivity index is 2.22. The van der Waals surface area contributed by atoms with E-state index in [0.717, 1.165) is 18.8 Å². The van der Waals surface area contributed by atoms with Crippen molar-refractivity contribution in [2.45, 2.75) is 26.4 Å². The number of nitrogens with zero attached hydrogens (tertiary/aromatic N) is 2. The lowest BCUT2D eigenvalue weighted by molar-refractivity contribution is 0.00697. The molecular formula is C14H20N2O3. The molecular weight excluding hydrogens is 244 g/mol. The maximum atomic E-state index is 12.2. The summed E-state index contributed by atoms with van der Waals surface area (Å²) in [7, 11) is 0. The molecule has 1 aromatic heterocycles. The first-order valence-electron chi connectivity index (χ1n) is 6.47. The van der Waals surface area contributed by atoms with Crippen molar-refractivity contribution in [2.24, 2.45) is 0 Å². The van der Waals surface area contributed by atoms with E-state index in [-0.39, 0.29) is 5.97 Å². The highest BCUT2D eigenvalue weighted by atomic mass is 16.6. The summed E-state index contributed by atoms with van der Waals surface area (Å²) in [4.78, 5) is 18.4. The molecule has 0 aromatic carbocycles. The van der Waals surface area contributed by atoms with Gasteiger partial charge in [0.05, 0.1) is 30.7 Å². The van der Waals surface area contributed by atoms with E-state index in [4.69, 9.17) is 9.47 Å². The summed E-state index contributed by atoms with van der Waals surface area (Å²) in [6.07, 6.45) is 3.33. The third kappa shape index (κ3) is 3.67. The molecule has 2 heterocycles. The second kappa shape index (κ2) is 5.57. The molecule has 104 valence electrons. The number of morpholine rings is 1. The van der Waals surface area contributed by atoms with Crippen molar-refractivity contribution in [3.63, 3.8) is 0 Å². The highest BCUT2D eigenvalue weighted by molar-refractivity contribution is 5.95. The van der Waals surface area contributed by atoms with Crippen molar-refractivity contribution in [3.05, 3.63) is 24.0 Å². The van der Waals surface area contributed by atoms with E-state index >= 15 is 0 Å². The maximum Gasteiger partial charge on any atom is 0.340 e. The summed E-state index contributed by atoms with van der Waals surface area (Å²) in [5.41, 5.74) is 0.884. The highest BCUT2D eigenvalue weighted by Crippen LogP contribution is 2.23. The number of hydrogen-bond acceptors (Lipinski definition) is 5. The second-order valence-electron chi connectivity index (χ2n) is 5.49. The van der Waals surface area contributed by atoms with Gasteiger partial charge in [-0.25, -0.2) is 4.79 Å². The summed E-state index contributed by atoms with van der Waals surface area (Å²) >= 11 is 0. The molecule has 1 aliphatic rings. The van der Waals surface area contributed by atoms with E-state index in [2.05, 4.69) is 9.88 Å². The molecule has 19 heavy (non-hydrogen) atoms. The van der Waals surface area contributed by atoms with E-state index in [1.54, 1.807) is 18.5 Å². The van der Waals surface area contributed by atoms with Gasteiger partial charge in [0.1, 0.15) is 5.60 Å². The zero-order valence-electron chi connectivity index (χ0n) is 11.7. The van der Waals surface area contributed by atoms with E-state index < -0.39 is 5.60 Å². The molecule has 0 saturated carbocycles. The molecule has 1 aliphatic heterocycles. The molecule has 0 amide bonds. The molecule has 5 nitrogen and oxygen atoms in total. The summed E-state index contributed by atoms with van der Waals surface area (Å²) in [5.74, 6) is -0.309. The molecule has 0 radical (unpaired) electrons. The van der Waals surface area contributed by atoms with E-state index in [0.29, 0.717) is 18.8 Å². The minimum absolute atomic E-state index is 0.309. The molecule has 0 aliphatic carbocycles. The van der Waals surface area contributed by atoms with Crippen molar-refractivity contribution in [1.29, 1.82) is 0 Å². The standard InChI is InChI=1S/C14H20N2O3/c1-14(2,3)19-13(17)11-4-5-15-10-12(11)16-6-8-18-9-7-16/h4-5,10H,6-9H2,1-3H3. The molecule has 2 rings (SSSR count). The lowest BCUT2D eigenvalue weighted by atomic mass is 10.1. The zero-order valence-corrected chi connectivity index (χ0v) is 11.7. The molecule has 0 N–H and O–H groups in total. The van der Waals surface area contributed by atoms with Gasteiger partial charge >= 0.3 is 5.97 Å². The third-order valence-electron chi connectivity index (χ3n) is 2.77. The topological polar surface area (TPSA) is 51.7 Å². The van der Waals surface area contributed by atoms with Crippen molar-refractivity contribution >= 4 is 11.7 Å². The van der Waals surface area contributed by atoms with Crippen LogP contribution in [0.5, 0.6) is 0 Å². The van der Waals surface area contributed by atoms with Gasteiger partial charge in [-0.2, -0.15) is 0 Å². The van der Waals surface area contributed by atoms with Crippen LogP contribution in [0.15, 0.2) is 18.5 Å². The summed E-state index contributed by atoms with van der Waals surface area (Å²) in [6, 6.07) is 1.71. The van der Waals surface area contributed by atoms with Gasteiger partial charge in [0.2, 0.25) is 0 Å². The fourth-order valence-electron chi connectivity index (χ4n) is 1.95. The van der Waals surface area contributed by atoms with Gasteiger partial charge in [-0.1, -0.05) is 0 Å². The molecule has 0 bridgehead atoms. The van der Waals surface area contributed by atoms with Crippen LogP contribution in [-0.2, 0) is 9.47 Å². The maximum absolute atomic E-state index is 12.2. The predicted molar refractivity (Wildman–Crippen MR) is 72.4 cm³/mol. The molecule has 0 atom stereocenters. The van der Waals surface area contributed by atoms with Crippen LogP contribution in [0.4, 0.5) is 5.69 Å². The SMILES string of the molecule is CC(C)(C)OC(=O)c1ccncc1N1CCOCC1. The van der Waals surface area contributed by atoms with Gasteiger partial charge < -0.3 is 14.4 Å². The summed E-state index contributed by atoms with van der Waals surface area (Å²) < 4.78 is 10.8. The first-order chi connectivity index (χ1) is 8.97. The van der Waals surface area contributed by atoms with Crippen LogP contribution in [-0.4, -0.2) is 42.9 Å². The highest BCUT2D eigenvalue weighted by Gasteiger charge is 2.23. The van der Waals surface area contributed by atoms with Gasteiger partial charge in [0.25, 0.3) is 0 Å². The van der Waals surface area contributed by atoms with Gasteiger partial charge in [-0.15, -0.1) is 0 Å². The van der Waals surface area contributed by atoms with Crippen molar-refractivity contribution in [3.8, 4) is 0 Å². The van der Waals surface area contributed by atoms with Crippen LogP contribution >= 0.6 is 0 Å². The van der Waals surface area contributed by atoms with Crippen LogP contribution < -0.4 is 4.90 Å². The molecule has 1 fully saturated rings. The van der Waals surface area contributed by atoms with Crippen molar-refractivity contribution < 1.29 is 14.3 Å². The Morgan fingerprint density at radius 3 is 2.68 bits per heavy atom. The zero-order chi connectivity index (χ0) is 13.9. The summed E-state index contributed by atoms with van der Waals surface area (Å²) in [5, 5.41) is 0. The largest absolute Gasteiger partial charge is 0.456 e. The van der Waals surface area contributed by atoms with Crippen molar-refractivity contribution in [2.75, 3.05) is 31.2 Å². The quantitative estimate of drug-likeness (QED) is 0.763. The number of pyridine rings is 1. The fourth-order valence-corrected chi connectivity index (χ4v) is 1.95. The third-order valence-corrected chi connectivity index (χ3v) is 2.77. The Bertz CT molecular complexity index is 448. The number of aromatic nitrogens is 1. The average Bonchev–Trinajstić information content (AvgIpc) is 2.38. The summed E-state index contributed by atoms with van der Waals surface area (Å²) in [6.45, 7) is 8.45. The monoisotopic (exact) mass is 264 g/mol. The number of carbonyl (C=O) groups is 1. The fraction of sp³-hybridized carbons (Fsp3) is 0.571.